The smallest absolute Gasteiger partial charge is 0.387 e. The Morgan fingerprint density at radius 2 is 2.09 bits per heavy atom. The summed E-state index contributed by atoms with van der Waals surface area (Å²) in [6.07, 6.45) is 2.03. The second-order valence-corrected chi connectivity index (χ2v) is 5.67. The Bertz CT molecular complexity index is 485. The molecule has 2 unspecified atom stereocenters. The van der Waals surface area contributed by atoms with E-state index in [9.17, 15) is 13.6 Å². The van der Waals surface area contributed by atoms with E-state index in [1.165, 1.54) is 12.1 Å². The number of rotatable bonds is 6. The molecule has 1 fully saturated rings. The monoisotopic (exact) mass is 348 g/mol. The Balaban J connectivity index is 0.00000264. The Morgan fingerprint density at radius 3 is 2.70 bits per heavy atom. The van der Waals surface area contributed by atoms with E-state index in [2.05, 4.69) is 22.3 Å². The first-order chi connectivity index (χ1) is 10.5. The van der Waals surface area contributed by atoms with Crippen molar-refractivity contribution < 1.29 is 18.3 Å². The SMILES string of the molecule is CC1CCNCC1NC(=O)CCc1ccc(OC(F)F)cc1.Cl. The van der Waals surface area contributed by atoms with Gasteiger partial charge in [-0.15, -0.1) is 12.4 Å². The van der Waals surface area contributed by atoms with Gasteiger partial charge in [0, 0.05) is 19.0 Å². The zero-order valence-electron chi connectivity index (χ0n) is 13.1. The van der Waals surface area contributed by atoms with Crippen LogP contribution in [0.2, 0.25) is 0 Å². The van der Waals surface area contributed by atoms with Crippen LogP contribution in [-0.2, 0) is 11.2 Å². The summed E-state index contributed by atoms with van der Waals surface area (Å²) in [5, 5.41) is 6.33. The first kappa shape index (κ1) is 19.6. The maximum atomic E-state index is 12.0. The first-order valence-electron chi connectivity index (χ1n) is 7.58. The molecule has 0 aromatic heterocycles. The number of nitrogens with one attached hydrogen (secondary N) is 2. The topological polar surface area (TPSA) is 50.4 Å². The molecule has 0 spiro atoms. The highest BCUT2D eigenvalue weighted by Crippen LogP contribution is 2.16. The van der Waals surface area contributed by atoms with E-state index in [1.54, 1.807) is 12.1 Å². The molecule has 130 valence electrons. The van der Waals surface area contributed by atoms with Crippen LogP contribution in [0.1, 0.15) is 25.3 Å². The van der Waals surface area contributed by atoms with Crippen molar-refractivity contribution in [2.45, 2.75) is 38.8 Å². The molecule has 1 aliphatic heterocycles. The molecule has 0 saturated carbocycles. The highest BCUT2D eigenvalue weighted by Gasteiger charge is 2.22. The third kappa shape index (κ3) is 6.71. The standard InChI is InChI=1S/C16H22F2N2O2.ClH/c1-11-8-9-19-10-14(11)20-15(21)7-4-12-2-5-13(6-3-12)22-16(17)18;/h2-3,5-6,11,14,16,19H,4,7-10H2,1H3,(H,20,21);1H. The fourth-order valence-corrected chi connectivity index (χ4v) is 2.56. The molecule has 4 nitrogen and oxygen atoms in total. The summed E-state index contributed by atoms with van der Waals surface area (Å²) in [6.45, 7) is 1.14. The number of aryl methyl sites for hydroxylation is 1. The quantitative estimate of drug-likeness (QED) is 0.831. The fraction of sp³-hybridized carbons (Fsp3) is 0.562. The Kier molecular flexibility index (Phi) is 8.26. The van der Waals surface area contributed by atoms with Gasteiger partial charge in [-0.2, -0.15) is 8.78 Å². The van der Waals surface area contributed by atoms with Crippen LogP contribution in [0.15, 0.2) is 24.3 Å². The van der Waals surface area contributed by atoms with Crippen molar-refractivity contribution >= 4 is 18.3 Å². The average molecular weight is 349 g/mol. The van der Waals surface area contributed by atoms with Crippen molar-refractivity contribution in [3.05, 3.63) is 29.8 Å². The molecule has 0 radical (unpaired) electrons. The van der Waals surface area contributed by atoms with Gasteiger partial charge in [-0.05, 0) is 43.0 Å². The molecule has 23 heavy (non-hydrogen) atoms. The van der Waals surface area contributed by atoms with Crippen molar-refractivity contribution in [2.75, 3.05) is 13.1 Å². The van der Waals surface area contributed by atoms with Crippen molar-refractivity contribution in [1.29, 1.82) is 0 Å². The molecule has 1 aliphatic rings. The van der Waals surface area contributed by atoms with Gasteiger partial charge >= 0.3 is 6.61 Å². The second-order valence-electron chi connectivity index (χ2n) is 5.67. The van der Waals surface area contributed by atoms with Crippen molar-refractivity contribution in [2.24, 2.45) is 5.92 Å². The third-order valence-electron chi connectivity index (χ3n) is 3.96. The van der Waals surface area contributed by atoms with Crippen LogP contribution in [-0.4, -0.2) is 31.7 Å². The highest BCUT2D eigenvalue weighted by molar-refractivity contribution is 5.85. The summed E-state index contributed by atoms with van der Waals surface area (Å²) < 4.78 is 28.4. The minimum atomic E-state index is -2.82. The maximum Gasteiger partial charge on any atom is 0.387 e. The van der Waals surface area contributed by atoms with Gasteiger partial charge in [-0.3, -0.25) is 4.79 Å². The van der Waals surface area contributed by atoms with Gasteiger partial charge in [0.2, 0.25) is 5.91 Å². The van der Waals surface area contributed by atoms with Crippen LogP contribution in [0.5, 0.6) is 5.75 Å². The fourth-order valence-electron chi connectivity index (χ4n) is 2.56. The number of halogens is 3. The molecule has 2 rings (SSSR count). The predicted molar refractivity (Wildman–Crippen MR) is 87.2 cm³/mol. The Labute approximate surface area is 141 Å². The first-order valence-corrected chi connectivity index (χ1v) is 7.58. The zero-order valence-corrected chi connectivity index (χ0v) is 13.9. The van der Waals surface area contributed by atoms with Gasteiger partial charge in [0.05, 0.1) is 0 Å². The molecular formula is C16H23ClF2N2O2. The molecule has 1 aromatic carbocycles. The van der Waals surface area contributed by atoms with Crippen LogP contribution in [0.4, 0.5) is 8.78 Å². The number of hydrogen-bond donors (Lipinski definition) is 2. The maximum absolute atomic E-state index is 12.0. The number of alkyl halides is 2. The largest absolute Gasteiger partial charge is 0.435 e. The normalized spacial score (nSPS) is 20.7. The average Bonchev–Trinajstić information content (AvgIpc) is 2.48. The number of piperidine rings is 1. The second kappa shape index (κ2) is 9.67. The van der Waals surface area contributed by atoms with Gasteiger partial charge in [-0.25, -0.2) is 0 Å². The lowest BCUT2D eigenvalue weighted by atomic mass is 9.94. The van der Waals surface area contributed by atoms with Crippen molar-refractivity contribution in [1.82, 2.24) is 10.6 Å². The van der Waals surface area contributed by atoms with E-state index in [4.69, 9.17) is 0 Å². The summed E-state index contributed by atoms with van der Waals surface area (Å²) in [5.41, 5.74) is 0.923. The van der Waals surface area contributed by atoms with E-state index in [1.807, 2.05) is 0 Å². The van der Waals surface area contributed by atoms with Gasteiger partial charge in [-0.1, -0.05) is 19.1 Å². The number of hydrogen-bond acceptors (Lipinski definition) is 3. The lowest BCUT2D eigenvalue weighted by molar-refractivity contribution is -0.122. The molecule has 1 amide bonds. The zero-order chi connectivity index (χ0) is 15.9. The van der Waals surface area contributed by atoms with E-state index in [0.29, 0.717) is 18.8 Å². The lowest BCUT2D eigenvalue weighted by Crippen LogP contribution is -2.50. The van der Waals surface area contributed by atoms with Crippen molar-refractivity contribution in [3.63, 3.8) is 0 Å². The summed E-state index contributed by atoms with van der Waals surface area (Å²) in [7, 11) is 0. The minimum Gasteiger partial charge on any atom is -0.435 e. The van der Waals surface area contributed by atoms with Crippen LogP contribution in [0, 0.1) is 5.92 Å². The molecule has 1 aromatic rings. The van der Waals surface area contributed by atoms with E-state index in [-0.39, 0.29) is 30.1 Å². The summed E-state index contributed by atoms with van der Waals surface area (Å²) >= 11 is 0. The molecule has 0 bridgehead atoms. The van der Waals surface area contributed by atoms with Crippen LogP contribution < -0.4 is 15.4 Å². The van der Waals surface area contributed by atoms with E-state index < -0.39 is 6.61 Å². The van der Waals surface area contributed by atoms with Crippen molar-refractivity contribution in [3.8, 4) is 5.75 Å². The molecule has 2 N–H and O–H groups in total. The highest BCUT2D eigenvalue weighted by atomic mass is 35.5. The minimum absolute atomic E-state index is 0. The van der Waals surface area contributed by atoms with E-state index >= 15 is 0 Å². The van der Waals surface area contributed by atoms with Gasteiger partial charge < -0.3 is 15.4 Å². The van der Waals surface area contributed by atoms with E-state index in [0.717, 1.165) is 25.1 Å². The van der Waals surface area contributed by atoms with Gasteiger partial charge in [0.25, 0.3) is 0 Å². The number of carbonyl (C=O) groups is 1. The number of amides is 1. The van der Waals surface area contributed by atoms with Crippen LogP contribution >= 0.6 is 12.4 Å². The van der Waals surface area contributed by atoms with Crippen LogP contribution in [0.25, 0.3) is 0 Å². The Hall–Kier alpha value is -1.40. The Morgan fingerprint density at radius 1 is 1.39 bits per heavy atom. The molecule has 0 aliphatic carbocycles. The molecule has 1 saturated heterocycles. The molecule has 2 atom stereocenters. The van der Waals surface area contributed by atoms with Gasteiger partial charge in [0.15, 0.2) is 0 Å². The number of carbonyl (C=O) groups excluding carboxylic acids is 1. The third-order valence-corrected chi connectivity index (χ3v) is 3.96. The summed E-state index contributed by atoms with van der Waals surface area (Å²) in [5.74, 6) is 0.634. The number of ether oxygens (including phenoxy) is 1. The number of benzene rings is 1. The lowest BCUT2D eigenvalue weighted by Gasteiger charge is -2.30. The predicted octanol–water partition coefficient (Wildman–Crippen LogP) is 2.76. The van der Waals surface area contributed by atoms with Crippen LogP contribution in [0.3, 0.4) is 0 Å². The summed E-state index contributed by atoms with van der Waals surface area (Å²) in [4.78, 5) is 12.0. The summed E-state index contributed by atoms with van der Waals surface area (Å²) in [6, 6.07) is 6.58. The molecule has 7 heteroatoms. The molecular weight excluding hydrogens is 326 g/mol. The molecule has 1 heterocycles. The van der Waals surface area contributed by atoms with Gasteiger partial charge in [0.1, 0.15) is 5.75 Å².